The van der Waals surface area contributed by atoms with Crippen molar-refractivity contribution in [3.63, 3.8) is 0 Å². The average molecular weight is 154 g/mol. The minimum Gasteiger partial charge on any atom is -0.268 e. The van der Waals surface area contributed by atoms with Crippen LogP contribution in [0.4, 0.5) is 0 Å². The van der Waals surface area contributed by atoms with E-state index >= 15 is 0 Å². The van der Waals surface area contributed by atoms with Crippen molar-refractivity contribution in [2.75, 3.05) is 0 Å². The molecule has 3 nitrogen and oxygen atoms in total. The number of nitrogens with zero attached hydrogens (tertiary/aromatic N) is 1. The summed E-state index contributed by atoms with van der Waals surface area (Å²) < 4.78 is 0. The molecular formula is C8H14N2O. The third kappa shape index (κ3) is 2.98. The molecule has 0 fully saturated rings. The van der Waals surface area contributed by atoms with E-state index in [-0.39, 0.29) is 5.56 Å². The molecule has 1 heterocycles. The van der Waals surface area contributed by atoms with Gasteiger partial charge in [-0.15, -0.1) is 0 Å². The molecule has 11 heavy (non-hydrogen) atoms. The predicted octanol–water partition coefficient (Wildman–Crippen LogP) is 1.36. The smallest absolute Gasteiger partial charge is 0.267 e. The van der Waals surface area contributed by atoms with E-state index in [1.165, 1.54) is 0 Å². The first-order chi connectivity index (χ1) is 5.34. The van der Waals surface area contributed by atoms with Crippen LogP contribution in [0.25, 0.3) is 0 Å². The Morgan fingerprint density at radius 1 is 1.55 bits per heavy atom. The van der Waals surface area contributed by atoms with Crippen molar-refractivity contribution in [1.82, 2.24) is 10.2 Å². The Bertz CT molecular complexity index is 242. The van der Waals surface area contributed by atoms with Crippen molar-refractivity contribution in [2.45, 2.75) is 27.2 Å². The monoisotopic (exact) mass is 154 g/mol. The fourth-order valence-corrected chi connectivity index (χ4v) is 0.649. The van der Waals surface area contributed by atoms with Gasteiger partial charge in [-0.3, -0.25) is 4.79 Å². The molecule has 0 saturated heterocycles. The molecule has 0 spiro atoms. The number of aromatic amines is 1. The summed E-state index contributed by atoms with van der Waals surface area (Å²) >= 11 is 0. The first kappa shape index (κ1) is 9.88. The summed E-state index contributed by atoms with van der Waals surface area (Å²) in [4.78, 5) is 10.7. The van der Waals surface area contributed by atoms with Gasteiger partial charge in [0.2, 0.25) is 0 Å². The Labute approximate surface area is 66.5 Å². The molecule has 62 valence electrons. The number of hydrogen-bond acceptors (Lipinski definition) is 2. The second kappa shape index (κ2) is 5.65. The molecule has 1 aromatic rings. The Balaban J connectivity index is 0.000000461. The van der Waals surface area contributed by atoms with Gasteiger partial charge in [0.05, 0.1) is 0 Å². The molecule has 0 radical (unpaired) electrons. The van der Waals surface area contributed by atoms with Crippen molar-refractivity contribution in [3.05, 3.63) is 28.2 Å². The van der Waals surface area contributed by atoms with Crippen LogP contribution in [0.2, 0.25) is 0 Å². The molecular weight excluding hydrogens is 140 g/mol. The van der Waals surface area contributed by atoms with Gasteiger partial charge in [-0.05, 0) is 12.5 Å². The number of nitrogens with one attached hydrogen (secondary N) is 1. The van der Waals surface area contributed by atoms with E-state index in [1.54, 1.807) is 12.3 Å². The Hall–Kier alpha value is -1.12. The van der Waals surface area contributed by atoms with E-state index in [9.17, 15) is 4.79 Å². The molecule has 0 amide bonds. The topological polar surface area (TPSA) is 45.8 Å². The van der Waals surface area contributed by atoms with Gasteiger partial charge >= 0.3 is 0 Å². The molecule has 0 aliphatic heterocycles. The van der Waals surface area contributed by atoms with Crippen molar-refractivity contribution in [3.8, 4) is 0 Å². The zero-order chi connectivity index (χ0) is 8.69. The maximum absolute atomic E-state index is 10.7. The molecule has 0 atom stereocenters. The second-order valence-electron chi connectivity index (χ2n) is 1.76. The van der Waals surface area contributed by atoms with E-state index < -0.39 is 0 Å². The molecule has 0 aromatic carbocycles. The number of aryl methyl sites for hydroxylation is 1. The molecule has 0 aliphatic carbocycles. The highest BCUT2D eigenvalue weighted by atomic mass is 16.1. The lowest BCUT2D eigenvalue weighted by atomic mass is 10.2. The van der Waals surface area contributed by atoms with Gasteiger partial charge < -0.3 is 0 Å². The van der Waals surface area contributed by atoms with E-state index in [0.717, 1.165) is 12.0 Å². The highest BCUT2D eigenvalue weighted by Crippen LogP contribution is 1.85. The molecule has 0 aliphatic rings. The van der Waals surface area contributed by atoms with Crippen LogP contribution in [-0.2, 0) is 6.42 Å². The zero-order valence-corrected chi connectivity index (χ0v) is 7.22. The molecule has 1 aromatic heterocycles. The minimum absolute atomic E-state index is 0.0833. The predicted molar refractivity (Wildman–Crippen MR) is 45.6 cm³/mol. The summed E-state index contributed by atoms with van der Waals surface area (Å²) in [5, 5.41) is 5.90. The summed E-state index contributed by atoms with van der Waals surface area (Å²) in [5.74, 6) is 0. The van der Waals surface area contributed by atoms with Crippen LogP contribution in [0, 0.1) is 0 Å². The Morgan fingerprint density at radius 3 is 2.55 bits per heavy atom. The lowest BCUT2D eigenvalue weighted by Gasteiger charge is -1.88. The molecule has 1 N–H and O–H groups in total. The summed E-state index contributed by atoms with van der Waals surface area (Å²) in [6.45, 7) is 5.94. The fraction of sp³-hybridized carbons (Fsp3) is 0.500. The van der Waals surface area contributed by atoms with E-state index in [2.05, 4.69) is 10.2 Å². The van der Waals surface area contributed by atoms with Gasteiger partial charge in [0.15, 0.2) is 0 Å². The average Bonchev–Trinajstić information content (AvgIpc) is 2.09. The van der Waals surface area contributed by atoms with Crippen molar-refractivity contribution < 1.29 is 0 Å². The van der Waals surface area contributed by atoms with Crippen LogP contribution in [0.3, 0.4) is 0 Å². The van der Waals surface area contributed by atoms with Gasteiger partial charge in [0.1, 0.15) is 0 Å². The first-order valence-electron chi connectivity index (χ1n) is 3.87. The van der Waals surface area contributed by atoms with E-state index in [1.807, 2.05) is 20.8 Å². The lowest BCUT2D eigenvalue weighted by molar-refractivity contribution is 0.938. The van der Waals surface area contributed by atoms with Gasteiger partial charge in [0, 0.05) is 11.8 Å². The van der Waals surface area contributed by atoms with Crippen LogP contribution in [0.15, 0.2) is 17.1 Å². The highest BCUT2D eigenvalue weighted by Gasteiger charge is 1.91. The standard InChI is InChI=1S/C6H8N2O.C2H6/c1-2-5-3-4-7-8-6(5)9;1-2/h3-4H,2H2,1H3,(H,8,9);1-2H3. The van der Waals surface area contributed by atoms with Gasteiger partial charge in [-0.25, -0.2) is 5.10 Å². The molecule has 0 saturated carbocycles. The van der Waals surface area contributed by atoms with Gasteiger partial charge in [-0.2, -0.15) is 5.10 Å². The van der Waals surface area contributed by atoms with Gasteiger partial charge in [0.25, 0.3) is 5.56 Å². The normalized spacial score (nSPS) is 8.27. The number of hydrogen-bond donors (Lipinski definition) is 1. The molecule has 0 unspecified atom stereocenters. The van der Waals surface area contributed by atoms with Crippen molar-refractivity contribution in [1.29, 1.82) is 0 Å². The van der Waals surface area contributed by atoms with Crippen LogP contribution in [-0.4, -0.2) is 10.2 Å². The first-order valence-corrected chi connectivity index (χ1v) is 3.87. The van der Waals surface area contributed by atoms with Crippen LogP contribution in [0.1, 0.15) is 26.3 Å². The molecule has 3 heteroatoms. The highest BCUT2D eigenvalue weighted by molar-refractivity contribution is 5.04. The third-order valence-electron chi connectivity index (χ3n) is 1.19. The molecule has 0 bridgehead atoms. The van der Waals surface area contributed by atoms with Crippen LogP contribution < -0.4 is 5.56 Å². The van der Waals surface area contributed by atoms with Crippen LogP contribution >= 0.6 is 0 Å². The quantitative estimate of drug-likeness (QED) is 0.663. The van der Waals surface area contributed by atoms with Crippen molar-refractivity contribution >= 4 is 0 Å². The fourth-order valence-electron chi connectivity index (χ4n) is 0.649. The minimum atomic E-state index is -0.0833. The summed E-state index contributed by atoms with van der Waals surface area (Å²) in [7, 11) is 0. The second-order valence-corrected chi connectivity index (χ2v) is 1.76. The number of rotatable bonds is 1. The summed E-state index contributed by atoms with van der Waals surface area (Å²) in [6, 6.07) is 1.72. The lowest BCUT2D eigenvalue weighted by Crippen LogP contribution is -2.11. The third-order valence-corrected chi connectivity index (χ3v) is 1.19. The zero-order valence-electron chi connectivity index (χ0n) is 7.22. The number of aromatic nitrogens is 2. The maximum Gasteiger partial charge on any atom is 0.267 e. The molecule has 1 rings (SSSR count). The Kier molecular flexibility index (Phi) is 5.07. The van der Waals surface area contributed by atoms with Gasteiger partial charge in [-0.1, -0.05) is 20.8 Å². The summed E-state index contributed by atoms with van der Waals surface area (Å²) in [5.41, 5.74) is 0.699. The van der Waals surface area contributed by atoms with Crippen LogP contribution in [0.5, 0.6) is 0 Å². The number of H-pyrrole nitrogens is 1. The van der Waals surface area contributed by atoms with E-state index in [4.69, 9.17) is 0 Å². The Morgan fingerprint density at radius 2 is 2.18 bits per heavy atom. The van der Waals surface area contributed by atoms with E-state index in [0.29, 0.717) is 0 Å². The SMILES string of the molecule is CC.CCc1ccn[nH]c1=O. The maximum atomic E-state index is 10.7. The summed E-state index contributed by atoms with van der Waals surface area (Å²) in [6.07, 6.45) is 2.35. The largest absolute Gasteiger partial charge is 0.268 e. The van der Waals surface area contributed by atoms with Crippen molar-refractivity contribution in [2.24, 2.45) is 0 Å².